The number of ether oxygens (including phenoxy) is 3. The standard InChI is InChI=1S/C16H25N3O5/c1-11(23-16(21)24-13-6-4-3-5-7-13)22-15(20)14(17-2)8-12-9-18-10-19-12/h9-11,13-14,17H,3-8H2,1-2H3,(H,18,19)/t11?,14-/m0/s1. The van der Waals surface area contributed by atoms with Gasteiger partial charge < -0.3 is 24.5 Å². The van der Waals surface area contributed by atoms with Crippen molar-refractivity contribution in [3.05, 3.63) is 18.2 Å². The molecule has 1 heterocycles. The normalized spacial score (nSPS) is 17.8. The molecule has 134 valence electrons. The fourth-order valence-corrected chi connectivity index (χ4v) is 2.67. The number of imidazole rings is 1. The van der Waals surface area contributed by atoms with E-state index in [0.717, 1.165) is 31.4 Å². The Morgan fingerprint density at radius 2 is 2.08 bits per heavy atom. The lowest BCUT2D eigenvalue weighted by atomic mass is 9.98. The highest BCUT2D eigenvalue weighted by Gasteiger charge is 2.25. The fourth-order valence-electron chi connectivity index (χ4n) is 2.67. The van der Waals surface area contributed by atoms with Gasteiger partial charge in [0.15, 0.2) is 0 Å². The summed E-state index contributed by atoms with van der Waals surface area (Å²) in [5.74, 6) is -0.509. The highest BCUT2D eigenvalue weighted by molar-refractivity contribution is 5.76. The fraction of sp³-hybridized carbons (Fsp3) is 0.688. The van der Waals surface area contributed by atoms with Crippen LogP contribution in [0.5, 0.6) is 0 Å². The van der Waals surface area contributed by atoms with E-state index < -0.39 is 24.5 Å². The molecular weight excluding hydrogens is 314 g/mol. The molecule has 1 saturated carbocycles. The monoisotopic (exact) mass is 339 g/mol. The maximum absolute atomic E-state index is 12.1. The van der Waals surface area contributed by atoms with Gasteiger partial charge in [-0.1, -0.05) is 6.42 Å². The van der Waals surface area contributed by atoms with Crippen LogP contribution in [0.2, 0.25) is 0 Å². The molecule has 1 unspecified atom stereocenters. The van der Waals surface area contributed by atoms with Gasteiger partial charge in [-0.2, -0.15) is 0 Å². The van der Waals surface area contributed by atoms with E-state index >= 15 is 0 Å². The van der Waals surface area contributed by atoms with Gasteiger partial charge in [0.05, 0.1) is 6.33 Å². The van der Waals surface area contributed by atoms with Gasteiger partial charge in [-0.3, -0.25) is 4.79 Å². The van der Waals surface area contributed by atoms with E-state index in [-0.39, 0.29) is 6.10 Å². The third-order valence-corrected chi connectivity index (χ3v) is 3.97. The number of H-pyrrole nitrogens is 1. The van der Waals surface area contributed by atoms with Crippen LogP contribution in [0.1, 0.15) is 44.7 Å². The summed E-state index contributed by atoms with van der Waals surface area (Å²) >= 11 is 0. The van der Waals surface area contributed by atoms with Crippen LogP contribution in [0, 0.1) is 0 Å². The summed E-state index contributed by atoms with van der Waals surface area (Å²) in [4.78, 5) is 30.7. The van der Waals surface area contributed by atoms with Gasteiger partial charge in [-0.05, 0) is 32.7 Å². The maximum atomic E-state index is 12.1. The third kappa shape index (κ3) is 5.84. The minimum atomic E-state index is -1.01. The number of carbonyl (C=O) groups excluding carboxylic acids is 2. The zero-order valence-corrected chi connectivity index (χ0v) is 14.1. The molecule has 1 aromatic rings. The van der Waals surface area contributed by atoms with E-state index in [0.29, 0.717) is 6.42 Å². The summed E-state index contributed by atoms with van der Waals surface area (Å²) in [5, 5.41) is 2.87. The minimum absolute atomic E-state index is 0.0976. The summed E-state index contributed by atoms with van der Waals surface area (Å²) in [6.45, 7) is 1.49. The van der Waals surface area contributed by atoms with Crippen molar-refractivity contribution in [2.45, 2.75) is 63.9 Å². The lowest BCUT2D eigenvalue weighted by Crippen LogP contribution is -2.40. The van der Waals surface area contributed by atoms with Crippen LogP contribution in [0.4, 0.5) is 4.79 Å². The molecule has 0 bridgehead atoms. The van der Waals surface area contributed by atoms with Gasteiger partial charge in [-0.15, -0.1) is 0 Å². The summed E-state index contributed by atoms with van der Waals surface area (Å²) < 4.78 is 15.4. The van der Waals surface area contributed by atoms with E-state index in [1.165, 1.54) is 13.3 Å². The first-order chi connectivity index (χ1) is 11.6. The van der Waals surface area contributed by atoms with Crippen molar-refractivity contribution in [3.8, 4) is 0 Å². The SMILES string of the molecule is CN[C@@H](Cc1cnc[nH]1)C(=O)OC(C)OC(=O)OC1CCCCC1. The third-order valence-electron chi connectivity index (χ3n) is 3.97. The molecule has 0 amide bonds. The number of nitrogens with zero attached hydrogens (tertiary/aromatic N) is 1. The Kier molecular flexibility index (Phi) is 7.05. The molecule has 0 aromatic carbocycles. The lowest BCUT2D eigenvalue weighted by Gasteiger charge is -2.23. The Morgan fingerprint density at radius 1 is 1.33 bits per heavy atom. The molecule has 2 rings (SSSR count). The van der Waals surface area contributed by atoms with Gasteiger partial charge in [0.2, 0.25) is 6.29 Å². The second-order valence-corrected chi connectivity index (χ2v) is 5.87. The number of carbonyl (C=O) groups is 2. The second-order valence-electron chi connectivity index (χ2n) is 5.87. The Bertz CT molecular complexity index is 514. The van der Waals surface area contributed by atoms with Crippen molar-refractivity contribution in [1.29, 1.82) is 0 Å². The molecule has 1 aliphatic rings. The second kappa shape index (κ2) is 9.27. The van der Waals surface area contributed by atoms with E-state index in [4.69, 9.17) is 14.2 Å². The van der Waals surface area contributed by atoms with Gasteiger partial charge >= 0.3 is 12.1 Å². The van der Waals surface area contributed by atoms with Gasteiger partial charge in [-0.25, -0.2) is 9.78 Å². The van der Waals surface area contributed by atoms with Crippen molar-refractivity contribution in [1.82, 2.24) is 15.3 Å². The van der Waals surface area contributed by atoms with Crippen molar-refractivity contribution in [2.24, 2.45) is 0 Å². The Balaban J connectivity index is 1.74. The lowest BCUT2D eigenvalue weighted by molar-refractivity contribution is -0.171. The van der Waals surface area contributed by atoms with Gasteiger partial charge in [0.1, 0.15) is 12.1 Å². The first-order valence-corrected chi connectivity index (χ1v) is 8.30. The van der Waals surface area contributed by atoms with Crippen LogP contribution in [-0.2, 0) is 25.4 Å². The first kappa shape index (κ1) is 18.3. The highest BCUT2D eigenvalue weighted by atomic mass is 16.8. The number of aromatic amines is 1. The van der Waals surface area contributed by atoms with Crippen LogP contribution in [-0.4, -0.2) is 47.6 Å². The maximum Gasteiger partial charge on any atom is 0.511 e. The van der Waals surface area contributed by atoms with Crippen LogP contribution >= 0.6 is 0 Å². The quantitative estimate of drug-likeness (QED) is 0.578. The molecule has 0 radical (unpaired) electrons. The Hall–Kier alpha value is -2.09. The molecule has 0 aliphatic heterocycles. The largest absolute Gasteiger partial charge is 0.511 e. The summed E-state index contributed by atoms with van der Waals surface area (Å²) in [5.41, 5.74) is 0.802. The molecule has 1 aromatic heterocycles. The predicted octanol–water partition coefficient (Wildman–Crippen LogP) is 1.92. The molecule has 2 N–H and O–H groups in total. The molecule has 1 fully saturated rings. The molecule has 2 atom stereocenters. The average Bonchev–Trinajstić information content (AvgIpc) is 3.06. The van der Waals surface area contributed by atoms with Crippen LogP contribution in [0.15, 0.2) is 12.5 Å². The van der Waals surface area contributed by atoms with E-state index in [2.05, 4.69) is 15.3 Å². The first-order valence-electron chi connectivity index (χ1n) is 8.30. The Labute approximate surface area is 141 Å². The number of rotatable bonds is 7. The molecule has 0 spiro atoms. The Morgan fingerprint density at radius 3 is 2.71 bits per heavy atom. The molecule has 8 heteroatoms. The van der Waals surface area contributed by atoms with Crippen LogP contribution in [0.3, 0.4) is 0 Å². The van der Waals surface area contributed by atoms with Crippen molar-refractivity contribution in [2.75, 3.05) is 7.05 Å². The molecule has 0 saturated heterocycles. The predicted molar refractivity (Wildman–Crippen MR) is 85.1 cm³/mol. The summed E-state index contributed by atoms with van der Waals surface area (Å²) in [6, 6.07) is -0.564. The average molecular weight is 339 g/mol. The topological polar surface area (TPSA) is 103 Å². The number of aromatic nitrogens is 2. The van der Waals surface area contributed by atoms with Gasteiger partial charge in [0.25, 0.3) is 0 Å². The van der Waals surface area contributed by atoms with E-state index in [9.17, 15) is 9.59 Å². The number of esters is 1. The molecule has 8 nitrogen and oxygen atoms in total. The number of nitrogens with one attached hydrogen (secondary N) is 2. The molecule has 24 heavy (non-hydrogen) atoms. The summed E-state index contributed by atoms with van der Waals surface area (Å²) in [7, 11) is 1.66. The van der Waals surface area contributed by atoms with E-state index in [1.807, 2.05) is 0 Å². The summed E-state index contributed by atoms with van der Waals surface area (Å²) in [6.07, 6.45) is 6.67. The van der Waals surface area contributed by atoms with E-state index in [1.54, 1.807) is 19.6 Å². The zero-order chi connectivity index (χ0) is 17.4. The molecular formula is C16H25N3O5. The molecule has 1 aliphatic carbocycles. The van der Waals surface area contributed by atoms with Crippen molar-refractivity contribution >= 4 is 12.1 Å². The van der Waals surface area contributed by atoms with Crippen molar-refractivity contribution in [3.63, 3.8) is 0 Å². The van der Waals surface area contributed by atoms with Crippen molar-refractivity contribution < 1.29 is 23.8 Å². The number of hydrogen-bond donors (Lipinski definition) is 2. The van der Waals surface area contributed by atoms with Gasteiger partial charge in [0, 0.05) is 25.2 Å². The smallest absolute Gasteiger partial charge is 0.431 e. The highest BCUT2D eigenvalue weighted by Crippen LogP contribution is 2.20. The van der Waals surface area contributed by atoms with Crippen LogP contribution < -0.4 is 5.32 Å². The minimum Gasteiger partial charge on any atom is -0.431 e. The number of likely N-dealkylation sites (N-methyl/N-ethyl adjacent to an activating group) is 1. The zero-order valence-electron chi connectivity index (χ0n) is 14.1. The number of hydrogen-bond acceptors (Lipinski definition) is 7. The van der Waals surface area contributed by atoms with Crippen LogP contribution in [0.25, 0.3) is 0 Å².